The molecule has 1 aliphatic rings. The van der Waals surface area contributed by atoms with Crippen molar-refractivity contribution < 1.29 is 22.7 Å². The topological polar surface area (TPSA) is 97.8 Å². The largest absolute Gasteiger partial charge is 0.489 e. The van der Waals surface area contributed by atoms with Crippen LogP contribution < -0.4 is 10.1 Å². The van der Waals surface area contributed by atoms with Gasteiger partial charge in [-0.05, 0) is 44.2 Å². The van der Waals surface area contributed by atoms with Gasteiger partial charge in [0.1, 0.15) is 10.9 Å². The minimum absolute atomic E-state index is 0.0681. The molecule has 0 radical (unpaired) electrons. The van der Waals surface area contributed by atoms with Crippen LogP contribution in [0.25, 0.3) is 0 Å². The average molecular weight is 440 g/mol. The Morgan fingerprint density at radius 2 is 1.97 bits per heavy atom. The van der Waals surface area contributed by atoms with Gasteiger partial charge in [-0.2, -0.15) is 4.31 Å². The summed E-state index contributed by atoms with van der Waals surface area (Å²) in [4.78, 5) is 16.6. The van der Waals surface area contributed by atoms with Crippen molar-refractivity contribution in [2.45, 2.75) is 24.8 Å². The van der Waals surface area contributed by atoms with Crippen LogP contribution in [0.4, 0.5) is 5.69 Å². The van der Waals surface area contributed by atoms with Crippen LogP contribution in [-0.4, -0.2) is 56.0 Å². The first-order valence-corrected chi connectivity index (χ1v) is 10.9. The average Bonchev–Trinajstić information content (AvgIpc) is 2.69. The van der Waals surface area contributed by atoms with Gasteiger partial charge in [0.25, 0.3) is 5.91 Å². The first-order valence-electron chi connectivity index (χ1n) is 9.09. The molecule has 1 N–H and O–H groups in total. The lowest BCUT2D eigenvalue weighted by Gasteiger charge is -2.26. The van der Waals surface area contributed by atoms with Crippen molar-refractivity contribution in [1.82, 2.24) is 9.29 Å². The molecule has 29 heavy (non-hydrogen) atoms. The predicted octanol–water partition coefficient (Wildman–Crippen LogP) is 2.80. The van der Waals surface area contributed by atoms with Crippen LogP contribution in [-0.2, 0) is 14.8 Å². The third-order valence-electron chi connectivity index (χ3n) is 4.16. The summed E-state index contributed by atoms with van der Waals surface area (Å²) in [6.07, 6.45) is 1.25. The van der Waals surface area contributed by atoms with Gasteiger partial charge in [-0.3, -0.25) is 4.79 Å². The summed E-state index contributed by atoms with van der Waals surface area (Å²) in [6, 6.07) is 7.36. The number of carbonyl (C=O) groups is 1. The van der Waals surface area contributed by atoms with Crippen molar-refractivity contribution in [2.24, 2.45) is 0 Å². The summed E-state index contributed by atoms with van der Waals surface area (Å²) in [5.41, 5.74) is 0.549. The molecule has 156 valence electrons. The molecule has 0 atom stereocenters. The molecule has 8 nitrogen and oxygen atoms in total. The standard InChI is InChI=1S/C19H22ClN3O5S/c1-13(2)28-17-4-3-15(29(25,26)23-7-9-27-10-8-23)12-16(17)22-19(24)14-5-6-21-18(20)11-14/h3-6,11-13H,7-10H2,1-2H3,(H,22,24). The lowest BCUT2D eigenvalue weighted by atomic mass is 10.2. The third-order valence-corrected chi connectivity index (χ3v) is 6.26. The van der Waals surface area contributed by atoms with E-state index in [1.807, 2.05) is 13.8 Å². The molecular weight excluding hydrogens is 418 g/mol. The van der Waals surface area contributed by atoms with E-state index in [4.69, 9.17) is 21.1 Å². The van der Waals surface area contributed by atoms with Gasteiger partial charge in [0, 0.05) is 24.8 Å². The Balaban J connectivity index is 1.94. The van der Waals surface area contributed by atoms with Crippen LogP contribution in [0.5, 0.6) is 5.75 Å². The van der Waals surface area contributed by atoms with Crippen molar-refractivity contribution in [3.8, 4) is 5.75 Å². The van der Waals surface area contributed by atoms with E-state index in [1.165, 1.54) is 34.8 Å². The first-order chi connectivity index (χ1) is 13.8. The van der Waals surface area contributed by atoms with Crippen molar-refractivity contribution >= 4 is 33.2 Å². The minimum Gasteiger partial charge on any atom is -0.489 e. The number of hydrogen-bond donors (Lipinski definition) is 1. The second-order valence-corrected chi connectivity index (χ2v) is 8.99. The van der Waals surface area contributed by atoms with Gasteiger partial charge in [0.15, 0.2) is 0 Å². The molecule has 0 saturated carbocycles. The van der Waals surface area contributed by atoms with Crippen LogP contribution in [0.2, 0.25) is 5.15 Å². The molecule has 1 aromatic carbocycles. The Morgan fingerprint density at radius 3 is 2.62 bits per heavy atom. The molecule has 1 amide bonds. The van der Waals surface area contributed by atoms with E-state index < -0.39 is 15.9 Å². The number of rotatable bonds is 6. The van der Waals surface area contributed by atoms with Crippen molar-refractivity contribution in [3.05, 3.63) is 47.2 Å². The molecule has 10 heteroatoms. The number of hydrogen-bond acceptors (Lipinski definition) is 6. The number of nitrogens with one attached hydrogen (secondary N) is 1. The highest BCUT2D eigenvalue weighted by Crippen LogP contribution is 2.31. The van der Waals surface area contributed by atoms with E-state index in [0.29, 0.717) is 24.5 Å². The highest BCUT2D eigenvalue weighted by atomic mass is 35.5. The molecular formula is C19H22ClN3O5S. The number of pyridine rings is 1. The third kappa shape index (κ3) is 5.24. The van der Waals surface area contributed by atoms with Crippen LogP contribution in [0, 0.1) is 0 Å². The van der Waals surface area contributed by atoms with Crippen LogP contribution in [0.3, 0.4) is 0 Å². The number of nitrogens with zero attached hydrogens (tertiary/aromatic N) is 2. The Labute approximate surface area is 174 Å². The summed E-state index contributed by atoms with van der Waals surface area (Å²) >= 11 is 5.85. The summed E-state index contributed by atoms with van der Waals surface area (Å²) < 4.78 is 38.3. The van der Waals surface area contributed by atoms with Crippen molar-refractivity contribution in [1.29, 1.82) is 0 Å². The lowest BCUT2D eigenvalue weighted by molar-refractivity contribution is 0.0730. The zero-order valence-electron chi connectivity index (χ0n) is 16.1. The summed E-state index contributed by atoms with van der Waals surface area (Å²) in [5, 5.41) is 2.90. The molecule has 2 aromatic rings. The second-order valence-electron chi connectivity index (χ2n) is 6.66. The highest BCUT2D eigenvalue weighted by Gasteiger charge is 2.27. The second kappa shape index (κ2) is 9.08. The molecule has 1 aliphatic heterocycles. The number of benzene rings is 1. The van der Waals surface area contributed by atoms with E-state index in [9.17, 15) is 13.2 Å². The predicted molar refractivity (Wildman–Crippen MR) is 109 cm³/mol. The maximum absolute atomic E-state index is 13.0. The zero-order chi connectivity index (χ0) is 21.0. The van der Waals surface area contributed by atoms with Crippen LogP contribution >= 0.6 is 11.6 Å². The number of halogens is 1. The molecule has 3 rings (SSSR count). The molecule has 0 aliphatic carbocycles. The number of amides is 1. The van der Waals surface area contributed by atoms with Gasteiger partial charge in [-0.1, -0.05) is 11.6 Å². The fourth-order valence-corrected chi connectivity index (χ4v) is 4.41. The lowest BCUT2D eigenvalue weighted by Crippen LogP contribution is -2.40. The van der Waals surface area contributed by atoms with Gasteiger partial charge in [-0.15, -0.1) is 0 Å². The van der Waals surface area contributed by atoms with E-state index in [1.54, 1.807) is 6.07 Å². The Morgan fingerprint density at radius 1 is 1.24 bits per heavy atom. The Bertz CT molecular complexity index is 991. The maximum atomic E-state index is 13.0. The molecule has 1 saturated heterocycles. The number of ether oxygens (including phenoxy) is 2. The normalized spacial score (nSPS) is 15.3. The highest BCUT2D eigenvalue weighted by molar-refractivity contribution is 7.89. The monoisotopic (exact) mass is 439 g/mol. The number of carbonyl (C=O) groups excluding carboxylic acids is 1. The minimum atomic E-state index is -3.72. The van der Waals surface area contributed by atoms with Crippen molar-refractivity contribution in [3.63, 3.8) is 0 Å². The molecule has 1 aromatic heterocycles. The molecule has 1 fully saturated rings. The zero-order valence-corrected chi connectivity index (χ0v) is 17.7. The molecule has 0 bridgehead atoms. The van der Waals surface area contributed by atoms with Crippen LogP contribution in [0.1, 0.15) is 24.2 Å². The summed E-state index contributed by atoms with van der Waals surface area (Å²) in [5.74, 6) is -0.0849. The van der Waals surface area contributed by atoms with Gasteiger partial charge < -0.3 is 14.8 Å². The number of morpholine rings is 1. The first kappa shape index (κ1) is 21.5. The quantitative estimate of drug-likeness (QED) is 0.695. The van der Waals surface area contributed by atoms with Crippen molar-refractivity contribution in [2.75, 3.05) is 31.6 Å². The van der Waals surface area contributed by atoms with E-state index in [-0.39, 0.29) is 34.9 Å². The molecule has 2 heterocycles. The number of sulfonamides is 1. The van der Waals surface area contributed by atoms with E-state index in [0.717, 1.165) is 0 Å². The van der Waals surface area contributed by atoms with Gasteiger partial charge >= 0.3 is 0 Å². The Hall–Kier alpha value is -2.20. The van der Waals surface area contributed by atoms with E-state index in [2.05, 4.69) is 10.3 Å². The summed E-state index contributed by atoms with van der Waals surface area (Å²) in [6.45, 7) is 4.94. The summed E-state index contributed by atoms with van der Waals surface area (Å²) in [7, 11) is -3.72. The van der Waals surface area contributed by atoms with Gasteiger partial charge in [0.05, 0.1) is 29.9 Å². The molecule has 0 spiro atoms. The fourth-order valence-electron chi connectivity index (χ4n) is 2.80. The SMILES string of the molecule is CC(C)Oc1ccc(S(=O)(=O)N2CCOCC2)cc1NC(=O)c1ccnc(Cl)c1. The molecule has 0 unspecified atom stereocenters. The number of aromatic nitrogens is 1. The fraction of sp³-hybridized carbons (Fsp3) is 0.368. The Kier molecular flexibility index (Phi) is 6.74. The van der Waals surface area contributed by atoms with E-state index >= 15 is 0 Å². The number of anilines is 1. The van der Waals surface area contributed by atoms with Gasteiger partial charge in [0.2, 0.25) is 10.0 Å². The maximum Gasteiger partial charge on any atom is 0.255 e. The van der Waals surface area contributed by atoms with Gasteiger partial charge in [-0.25, -0.2) is 13.4 Å². The smallest absolute Gasteiger partial charge is 0.255 e. The van der Waals surface area contributed by atoms with Crippen LogP contribution in [0.15, 0.2) is 41.4 Å².